The smallest absolute Gasteiger partial charge is 0.0547 e. The van der Waals surface area contributed by atoms with Gasteiger partial charge < -0.3 is 27.4 Å². The predicted molar refractivity (Wildman–Crippen MR) is 498 cm³/mol. The summed E-state index contributed by atoms with van der Waals surface area (Å²) < 4.78 is 14.5. The highest BCUT2D eigenvalue weighted by Gasteiger charge is 2.24. The molecule has 550 valence electrons. The van der Waals surface area contributed by atoms with Crippen LogP contribution in [0.1, 0.15) is 0 Å². The molecule has 0 bridgehead atoms. The van der Waals surface area contributed by atoms with Crippen molar-refractivity contribution in [1.82, 2.24) is 27.4 Å². The monoisotopic (exact) mass is 1500 g/mol. The van der Waals surface area contributed by atoms with E-state index in [1.54, 1.807) is 0 Å². The Morgan fingerprint density at radius 1 is 0.110 bits per heavy atom. The molecule has 0 saturated carbocycles. The van der Waals surface area contributed by atoms with Crippen molar-refractivity contribution < 1.29 is 0 Å². The van der Waals surface area contributed by atoms with Gasteiger partial charge in [-0.05, 0) is 231 Å². The van der Waals surface area contributed by atoms with Crippen LogP contribution in [-0.4, -0.2) is 27.4 Å². The van der Waals surface area contributed by atoms with E-state index in [-0.39, 0.29) is 0 Å². The third-order valence-corrected chi connectivity index (χ3v) is 24.6. The van der Waals surface area contributed by atoms with Crippen molar-refractivity contribution in [3.63, 3.8) is 0 Å². The van der Waals surface area contributed by atoms with Crippen molar-refractivity contribution in [1.29, 1.82) is 0 Å². The molecular weight excluding hydrogens is 1430 g/mol. The van der Waals surface area contributed by atoms with Gasteiger partial charge >= 0.3 is 0 Å². The minimum atomic E-state index is 1.14. The zero-order valence-corrected chi connectivity index (χ0v) is 64.3. The van der Waals surface area contributed by atoms with Gasteiger partial charge in [0.25, 0.3) is 0 Å². The Morgan fingerprint density at radius 2 is 0.364 bits per heavy atom. The molecule has 0 saturated heterocycles. The van der Waals surface area contributed by atoms with Gasteiger partial charge in [-0.15, -0.1) is 0 Å². The summed E-state index contributed by atoms with van der Waals surface area (Å²) in [4.78, 5) is 0. The largest absolute Gasteiger partial charge is 0.309 e. The Bertz CT molecular complexity index is 8280. The zero-order chi connectivity index (χ0) is 77.5. The Morgan fingerprint density at radius 3 is 0.737 bits per heavy atom. The van der Waals surface area contributed by atoms with Crippen LogP contribution in [0, 0.1) is 0 Å². The van der Waals surface area contributed by atoms with Gasteiger partial charge in [-0.1, -0.05) is 261 Å². The molecule has 19 aromatic carbocycles. The van der Waals surface area contributed by atoms with Crippen LogP contribution < -0.4 is 0 Å². The van der Waals surface area contributed by atoms with Gasteiger partial charge in [0.1, 0.15) is 0 Å². The molecule has 0 amide bonds. The van der Waals surface area contributed by atoms with E-state index < -0.39 is 0 Å². The number of hydrogen-bond donors (Lipinski definition) is 0. The molecule has 0 aliphatic rings. The quantitative estimate of drug-likeness (QED) is 0.131. The summed E-state index contributed by atoms with van der Waals surface area (Å²) in [7, 11) is 0. The number of para-hydroxylation sites is 8. The second kappa shape index (κ2) is 27.0. The molecule has 6 heterocycles. The summed E-state index contributed by atoms with van der Waals surface area (Å²) in [5.41, 5.74) is 31.0. The SMILES string of the molecule is c1ccc(-c2cc(-c3ccccc3)cc(-n3c4ccccc4c4cc(-c5ccc6c(c5)c5ccccc5n6-c5ccc6c(c5)c5ccccc5n6-c5ccccc5)ccc43)c2)cc1.c1ccc(-n2c3ccccc3c3cc(-c4ccc5c(c4)c4ccccc4n5-c4ccc5c(c4)c4c6ccccc6ccc4n5-c4ccccc4)ccc32)cc1. The van der Waals surface area contributed by atoms with E-state index in [9.17, 15) is 0 Å². The first-order valence-electron chi connectivity index (χ1n) is 40.6. The Hall–Kier alpha value is -15.8. The van der Waals surface area contributed by atoms with E-state index in [1.807, 2.05) is 0 Å². The third kappa shape index (κ3) is 10.6. The molecule has 25 aromatic rings. The molecule has 0 N–H and O–H groups in total. The van der Waals surface area contributed by atoms with Crippen molar-refractivity contribution >= 4 is 142 Å². The average molecular weight is 1500 g/mol. The van der Waals surface area contributed by atoms with Gasteiger partial charge in [-0.2, -0.15) is 0 Å². The highest BCUT2D eigenvalue weighted by Crippen LogP contribution is 2.46. The summed E-state index contributed by atoms with van der Waals surface area (Å²) in [6.07, 6.45) is 0. The van der Waals surface area contributed by atoms with Crippen molar-refractivity contribution in [3.05, 3.63) is 437 Å². The second-order valence-electron chi connectivity index (χ2n) is 31.1. The molecule has 0 radical (unpaired) electrons. The standard InChI is InChI=1S/C60H39N3.C52H33N3/c1-4-16-40(17-5-1)44-34-45(41-18-6-2-7-19-41)36-48(35-44)63-57-27-15-11-23-50(57)53-38-43(29-32-59(53)63)42-28-31-58-52(37-42)49-22-10-14-26-56(49)62(58)47-30-33-60-54(39-47)51-24-12-13-25-55(51)61(60)46-20-8-3-9-21-46;1-3-14-37(15-4-1)53-46-21-11-9-19-41(46)43-31-35(24-27-48(43)53)36-25-28-49-44(32-36)42-20-10-12-22-47(42)55(49)39-26-30-50-45(33-39)52-40-18-8-7-13-34(40)23-29-51(52)54(50)38-16-5-2-6-17-38/h1-39H;1-33H. The highest BCUT2D eigenvalue weighted by atomic mass is 15.0. The second-order valence-corrected chi connectivity index (χ2v) is 31.1. The van der Waals surface area contributed by atoms with Gasteiger partial charge in [0.05, 0.1) is 66.2 Å². The first-order valence-corrected chi connectivity index (χ1v) is 40.6. The van der Waals surface area contributed by atoms with Crippen molar-refractivity contribution in [2.24, 2.45) is 0 Å². The number of rotatable bonds is 10. The van der Waals surface area contributed by atoms with E-state index in [0.717, 1.165) is 28.4 Å². The summed E-state index contributed by atoms with van der Waals surface area (Å²) in [6, 6.07) is 160. The molecule has 0 aliphatic heterocycles. The molecule has 0 spiro atoms. The molecule has 6 nitrogen and oxygen atoms in total. The number of aromatic nitrogens is 6. The molecule has 0 fully saturated rings. The van der Waals surface area contributed by atoms with E-state index in [2.05, 4.69) is 464 Å². The maximum Gasteiger partial charge on any atom is 0.0547 e. The molecule has 118 heavy (non-hydrogen) atoms. The maximum absolute atomic E-state index is 2.45. The molecule has 6 aromatic heterocycles. The number of fused-ring (bicyclic) bond motifs is 20. The van der Waals surface area contributed by atoms with Gasteiger partial charge in [-0.3, -0.25) is 0 Å². The lowest BCUT2D eigenvalue weighted by Crippen LogP contribution is -1.96. The molecule has 0 aliphatic carbocycles. The van der Waals surface area contributed by atoms with E-state index in [4.69, 9.17) is 0 Å². The highest BCUT2D eigenvalue weighted by molar-refractivity contribution is 6.23. The molecule has 0 unspecified atom stereocenters. The first kappa shape index (κ1) is 66.8. The molecule has 6 heteroatoms. The minimum absolute atomic E-state index is 1.14. The van der Waals surface area contributed by atoms with E-state index in [1.165, 1.54) is 192 Å². The summed E-state index contributed by atoms with van der Waals surface area (Å²) >= 11 is 0. The fourth-order valence-corrected chi connectivity index (χ4v) is 19.4. The van der Waals surface area contributed by atoms with Crippen molar-refractivity contribution in [3.8, 4) is 78.6 Å². The summed E-state index contributed by atoms with van der Waals surface area (Å²) in [5, 5.41) is 17.5. The van der Waals surface area contributed by atoms with Crippen LogP contribution in [0.3, 0.4) is 0 Å². The van der Waals surface area contributed by atoms with Gasteiger partial charge in [0.15, 0.2) is 0 Å². The lowest BCUT2D eigenvalue weighted by Gasteiger charge is -2.14. The minimum Gasteiger partial charge on any atom is -0.309 e. The van der Waals surface area contributed by atoms with E-state index in [0.29, 0.717) is 0 Å². The van der Waals surface area contributed by atoms with Gasteiger partial charge in [0, 0.05) is 98.8 Å². The lowest BCUT2D eigenvalue weighted by molar-refractivity contribution is 1.17. The normalized spacial score (nSPS) is 11.9. The van der Waals surface area contributed by atoms with Crippen LogP contribution in [0.25, 0.3) is 220 Å². The molecular formula is C112H72N6. The van der Waals surface area contributed by atoms with Crippen LogP contribution in [0.5, 0.6) is 0 Å². The van der Waals surface area contributed by atoms with Crippen LogP contribution in [0.4, 0.5) is 0 Å². The zero-order valence-electron chi connectivity index (χ0n) is 64.3. The fraction of sp³-hybridized carbons (Fsp3) is 0. The maximum atomic E-state index is 2.45. The Balaban J connectivity index is 0.000000136. The van der Waals surface area contributed by atoms with Crippen molar-refractivity contribution in [2.45, 2.75) is 0 Å². The molecule has 0 atom stereocenters. The number of benzene rings is 19. The third-order valence-electron chi connectivity index (χ3n) is 24.6. The Labute approximate surface area is 679 Å². The number of nitrogens with zero attached hydrogens (tertiary/aromatic N) is 6. The average Bonchev–Trinajstić information content (AvgIpc) is 1.56. The topological polar surface area (TPSA) is 29.6 Å². The molecule has 25 rings (SSSR count). The fourth-order valence-electron chi connectivity index (χ4n) is 19.4. The van der Waals surface area contributed by atoms with Gasteiger partial charge in [-0.25, -0.2) is 0 Å². The van der Waals surface area contributed by atoms with Crippen LogP contribution in [0.15, 0.2) is 437 Å². The van der Waals surface area contributed by atoms with Crippen LogP contribution in [-0.2, 0) is 0 Å². The van der Waals surface area contributed by atoms with Crippen molar-refractivity contribution in [2.75, 3.05) is 0 Å². The summed E-state index contributed by atoms with van der Waals surface area (Å²) in [5.74, 6) is 0. The predicted octanol–water partition coefficient (Wildman–Crippen LogP) is 29.8. The van der Waals surface area contributed by atoms with E-state index >= 15 is 0 Å². The van der Waals surface area contributed by atoms with Gasteiger partial charge in [0.2, 0.25) is 0 Å². The summed E-state index contributed by atoms with van der Waals surface area (Å²) in [6.45, 7) is 0. The van der Waals surface area contributed by atoms with Crippen LogP contribution >= 0.6 is 0 Å². The first-order chi connectivity index (χ1) is 58.5. The lowest BCUT2D eigenvalue weighted by atomic mass is 9.98. The van der Waals surface area contributed by atoms with Crippen LogP contribution in [0.2, 0.25) is 0 Å². The number of hydrogen-bond acceptors (Lipinski definition) is 0. The Kier molecular flexibility index (Phi) is 15.3.